The second-order valence-electron chi connectivity index (χ2n) is 4.82. The number of anilines is 1. The SMILES string of the molecule is Cc1cn[nH]c1NC(=O)[C@@H]1Cc2ccccc2CN1. The molecule has 3 rings (SSSR count). The molecule has 0 spiro atoms. The highest BCUT2D eigenvalue weighted by molar-refractivity contribution is 5.94. The summed E-state index contributed by atoms with van der Waals surface area (Å²) in [5.41, 5.74) is 3.44. The van der Waals surface area contributed by atoms with Crippen LogP contribution in [0.5, 0.6) is 0 Å². The first kappa shape index (κ1) is 11.9. The molecule has 3 N–H and O–H groups in total. The number of aromatic amines is 1. The van der Waals surface area contributed by atoms with E-state index in [9.17, 15) is 4.79 Å². The fourth-order valence-electron chi connectivity index (χ4n) is 2.32. The van der Waals surface area contributed by atoms with E-state index in [1.165, 1.54) is 11.1 Å². The van der Waals surface area contributed by atoms with Crippen molar-refractivity contribution in [2.75, 3.05) is 5.32 Å². The molecule has 19 heavy (non-hydrogen) atoms. The highest BCUT2D eigenvalue weighted by Crippen LogP contribution is 2.17. The van der Waals surface area contributed by atoms with Gasteiger partial charge in [-0.3, -0.25) is 9.89 Å². The van der Waals surface area contributed by atoms with Gasteiger partial charge in [0.15, 0.2) is 0 Å². The van der Waals surface area contributed by atoms with Gasteiger partial charge < -0.3 is 10.6 Å². The van der Waals surface area contributed by atoms with Crippen molar-refractivity contribution in [3.63, 3.8) is 0 Å². The largest absolute Gasteiger partial charge is 0.309 e. The molecule has 1 aliphatic rings. The van der Waals surface area contributed by atoms with Crippen molar-refractivity contribution < 1.29 is 4.79 Å². The van der Waals surface area contributed by atoms with E-state index >= 15 is 0 Å². The molecule has 2 aromatic rings. The molecule has 1 atom stereocenters. The minimum atomic E-state index is -0.197. The third kappa shape index (κ3) is 2.37. The number of aryl methyl sites for hydroxylation is 1. The number of amides is 1. The van der Waals surface area contributed by atoms with Crippen LogP contribution in [-0.2, 0) is 17.8 Å². The van der Waals surface area contributed by atoms with Crippen LogP contribution in [0, 0.1) is 6.92 Å². The van der Waals surface area contributed by atoms with Crippen molar-refractivity contribution in [1.29, 1.82) is 0 Å². The molecule has 98 valence electrons. The molecule has 5 heteroatoms. The van der Waals surface area contributed by atoms with Gasteiger partial charge in [-0.05, 0) is 24.5 Å². The number of hydrogen-bond donors (Lipinski definition) is 3. The lowest BCUT2D eigenvalue weighted by Gasteiger charge is -2.25. The smallest absolute Gasteiger partial charge is 0.243 e. The van der Waals surface area contributed by atoms with Gasteiger partial charge in [0, 0.05) is 12.1 Å². The number of H-pyrrole nitrogens is 1. The molecule has 1 aromatic carbocycles. The number of carbonyl (C=O) groups is 1. The number of nitrogens with zero attached hydrogens (tertiary/aromatic N) is 1. The average molecular weight is 256 g/mol. The van der Waals surface area contributed by atoms with E-state index < -0.39 is 0 Å². The molecule has 0 radical (unpaired) electrons. The average Bonchev–Trinajstić information content (AvgIpc) is 2.84. The van der Waals surface area contributed by atoms with E-state index in [0.717, 1.165) is 18.5 Å². The Hall–Kier alpha value is -2.14. The standard InChI is InChI=1S/C14H16N4O/c1-9-7-16-18-13(9)17-14(19)12-6-10-4-2-3-5-11(10)8-15-12/h2-5,7,12,15H,6,8H2,1H3,(H2,16,17,18,19)/t12-/m0/s1. The van der Waals surface area contributed by atoms with Crippen molar-refractivity contribution in [1.82, 2.24) is 15.5 Å². The summed E-state index contributed by atoms with van der Waals surface area (Å²) in [7, 11) is 0. The van der Waals surface area contributed by atoms with Crippen molar-refractivity contribution in [2.24, 2.45) is 0 Å². The Bertz CT molecular complexity index is 605. The van der Waals surface area contributed by atoms with Crippen LogP contribution >= 0.6 is 0 Å². The number of rotatable bonds is 2. The number of carbonyl (C=O) groups excluding carboxylic acids is 1. The molecule has 2 heterocycles. The zero-order valence-corrected chi connectivity index (χ0v) is 10.7. The Labute approximate surface area is 111 Å². The Morgan fingerprint density at radius 1 is 1.37 bits per heavy atom. The third-order valence-corrected chi connectivity index (χ3v) is 3.47. The van der Waals surface area contributed by atoms with E-state index in [1.807, 2.05) is 19.1 Å². The number of benzene rings is 1. The van der Waals surface area contributed by atoms with Crippen LogP contribution in [0.25, 0.3) is 0 Å². The van der Waals surface area contributed by atoms with Gasteiger partial charge in [0.1, 0.15) is 5.82 Å². The first-order valence-electron chi connectivity index (χ1n) is 6.35. The maximum atomic E-state index is 12.2. The lowest BCUT2D eigenvalue weighted by Crippen LogP contribution is -2.44. The molecule has 0 unspecified atom stereocenters. The van der Waals surface area contributed by atoms with E-state index in [4.69, 9.17) is 0 Å². The maximum Gasteiger partial charge on any atom is 0.243 e. The number of nitrogens with one attached hydrogen (secondary N) is 3. The van der Waals surface area contributed by atoms with E-state index in [2.05, 4.69) is 33.0 Å². The summed E-state index contributed by atoms with van der Waals surface area (Å²) in [6.45, 7) is 2.64. The fourth-order valence-corrected chi connectivity index (χ4v) is 2.32. The minimum absolute atomic E-state index is 0.0261. The van der Waals surface area contributed by atoms with Crippen LogP contribution in [0.15, 0.2) is 30.5 Å². The summed E-state index contributed by atoms with van der Waals surface area (Å²) in [5, 5.41) is 12.8. The van der Waals surface area contributed by atoms with Crippen molar-refractivity contribution in [3.05, 3.63) is 47.2 Å². The van der Waals surface area contributed by atoms with Gasteiger partial charge in [0.2, 0.25) is 5.91 Å². The van der Waals surface area contributed by atoms with Crippen LogP contribution in [0.4, 0.5) is 5.82 Å². The van der Waals surface area contributed by atoms with Crippen molar-refractivity contribution in [3.8, 4) is 0 Å². The van der Waals surface area contributed by atoms with Gasteiger partial charge in [-0.1, -0.05) is 24.3 Å². The first-order chi connectivity index (χ1) is 9.24. The summed E-state index contributed by atoms with van der Waals surface area (Å²) in [5.74, 6) is 0.646. The molecule has 0 bridgehead atoms. The monoisotopic (exact) mass is 256 g/mol. The lowest BCUT2D eigenvalue weighted by atomic mass is 9.95. The quantitative estimate of drug-likeness (QED) is 0.760. The lowest BCUT2D eigenvalue weighted by molar-refractivity contribution is -0.118. The summed E-state index contributed by atoms with van der Waals surface area (Å²) < 4.78 is 0. The first-order valence-corrected chi connectivity index (χ1v) is 6.35. The molecule has 0 saturated carbocycles. The van der Waals surface area contributed by atoms with Gasteiger partial charge in [-0.15, -0.1) is 0 Å². The second-order valence-corrected chi connectivity index (χ2v) is 4.82. The molecule has 5 nitrogen and oxygen atoms in total. The van der Waals surface area contributed by atoms with E-state index in [-0.39, 0.29) is 11.9 Å². The van der Waals surface area contributed by atoms with Gasteiger partial charge in [-0.25, -0.2) is 0 Å². The third-order valence-electron chi connectivity index (χ3n) is 3.47. The van der Waals surface area contributed by atoms with Crippen molar-refractivity contribution in [2.45, 2.75) is 25.9 Å². The normalized spacial score (nSPS) is 17.8. The molecule has 0 fully saturated rings. The summed E-state index contributed by atoms with van der Waals surface area (Å²) >= 11 is 0. The molecular formula is C14H16N4O. The maximum absolute atomic E-state index is 12.2. The van der Waals surface area contributed by atoms with Crippen LogP contribution in [0.2, 0.25) is 0 Å². The summed E-state index contributed by atoms with van der Waals surface area (Å²) in [4.78, 5) is 12.2. The summed E-state index contributed by atoms with van der Waals surface area (Å²) in [6, 6.07) is 8.01. The molecule has 1 amide bonds. The number of hydrogen-bond acceptors (Lipinski definition) is 3. The van der Waals surface area contributed by atoms with Crippen LogP contribution in [0.3, 0.4) is 0 Å². The highest BCUT2D eigenvalue weighted by atomic mass is 16.2. The van der Waals surface area contributed by atoms with Crippen LogP contribution < -0.4 is 10.6 Å². The van der Waals surface area contributed by atoms with Gasteiger partial charge in [0.05, 0.1) is 12.2 Å². The van der Waals surface area contributed by atoms with E-state index in [0.29, 0.717) is 5.82 Å². The topological polar surface area (TPSA) is 69.8 Å². The van der Waals surface area contributed by atoms with Crippen molar-refractivity contribution >= 4 is 11.7 Å². The second kappa shape index (κ2) is 4.85. The molecular weight excluding hydrogens is 240 g/mol. The number of fused-ring (bicyclic) bond motifs is 1. The Balaban J connectivity index is 1.71. The van der Waals surface area contributed by atoms with Gasteiger partial charge in [0.25, 0.3) is 0 Å². The molecule has 1 aliphatic heterocycles. The predicted octanol–water partition coefficient (Wildman–Crippen LogP) is 1.37. The van der Waals surface area contributed by atoms with Crippen LogP contribution in [-0.4, -0.2) is 22.1 Å². The zero-order chi connectivity index (χ0) is 13.2. The predicted molar refractivity (Wildman–Crippen MR) is 72.7 cm³/mol. The zero-order valence-electron chi connectivity index (χ0n) is 10.7. The number of aromatic nitrogens is 2. The molecule has 0 aliphatic carbocycles. The minimum Gasteiger partial charge on any atom is -0.309 e. The Morgan fingerprint density at radius 2 is 2.16 bits per heavy atom. The summed E-state index contributed by atoms with van der Waals surface area (Å²) in [6.07, 6.45) is 2.41. The Morgan fingerprint density at radius 3 is 2.89 bits per heavy atom. The fraction of sp³-hybridized carbons (Fsp3) is 0.286. The molecule has 0 saturated heterocycles. The van der Waals surface area contributed by atoms with E-state index in [1.54, 1.807) is 6.20 Å². The molecule has 1 aromatic heterocycles. The van der Waals surface area contributed by atoms with Gasteiger partial charge in [-0.2, -0.15) is 5.10 Å². The van der Waals surface area contributed by atoms with Gasteiger partial charge >= 0.3 is 0 Å². The van der Waals surface area contributed by atoms with Crippen LogP contribution in [0.1, 0.15) is 16.7 Å². The highest BCUT2D eigenvalue weighted by Gasteiger charge is 2.24. The Kier molecular flexibility index (Phi) is 3.05.